The van der Waals surface area contributed by atoms with Crippen LogP contribution in [0.5, 0.6) is 11.5 Å². The number of benzene rings is 7. The molecule has 0 aliphatic heterocycles. The number of fused-ring (bicyclic) bond motifs is 6. The third kappa shape index (κ3) is 4.62. The van der Waals surface area contributed by atoms with E-state index in [0.717, 1.165) is 39.2 Å². The van der Waals surface area contributed by atoms with Crippen molar-refractivity contribution in [3.63, 3.8) is 0 Å². The molecule has 0 saturated heterocycles. The van der Waals surface area contributed by atoms with E-state index >= 15 is 0 Å². The summed E-state index contributed by atoms with van der Waals surface area (Å²) in [4.78, 5) is 0. The minimum Gasteiger partial charge on any atom is -1.00 e. The second kappa shape index (κ2) is 12.4. The van der Waals surface area contributed by atoms with Crippen molar-refractivity contribution in [2.45, 2.75) is 11.8 Å². The van der Waals surface area contributed by atoms with Crippen LogP contribution in [0.2, 0.25) is 0 Å². The van der Waals surface area contributed by atoms with Gasteiger partial charge in [0.2, 0.25) is 0 Å². The molecule has 0 aromatic heterocycles. The summed E-state index contributed by atoms with van der Waals surface area (Å²) in [6, 6.07) is 43.6. The maximum atomic E-state index is 6.30. The highest BCUT2D eigenvalue weighted by atomic mass is 35.5. The molecule has 1 saturated carbocycles. The van der Waals surface area contributed by atoms with Gasteiger partial charge >= 0.3 is 0 Å². The van der Waals surface area contributed by atoms with Gasteiger partial charge < -0.3 is 26.6 Å². The zero-order valence-electron chi connectivity index (χ0n) is 29.1. The van der Waals surface area contributed by atoms with Crippen LogP contribution >= 0.6 is 0 Å². The van der Waals surface area contributed by atoms with Crippen molar-refractivity contribution >= 4 is 54.9 Å². The Morgan fingerprint density at radius 3 is 1.67 bits per heavy atom. The van der Waals surface area contributed by atoms with Gasteiger partial charge in [-0.05, 0) is 63.0 Å². The second-order valence-corrected chi connectivity index (χ2v) is 13.6. The molecule has 0 N–H and O–H groups in total. The summed E-state index contributed by atoms with van der Waals surface area (Å²) in [5.41, 5.74) is 6.30. The molecule has 52 heavy (non-hydrogen) atoms. The van der Waals surface area contributed by atoms with Gasteiger partial charge in [-0.1, -0.05) is 97.1 Å². The van der Waals surface area contributed by atoms with Gasteiger partial charge in [0.05, 0.1) is 37.7 Å². The van der Waals surface area contributed by atoms with Crippen LogP contribution in [0, 0.1) is 5.92 Å². The Morgan fingerprint density at radius 2 is 1.10 bits per heavy atom. The molecule has 252 valence electrons. The lowest BCUT2D eigenvalue weighted by molar-refractivity contribution is -0.0000104. The molecule has 3 aliphatic carbocycles. The average Bonchev–Trinajstić information content (AvgIpc) is 3.92. The summed E-state index contributed by atoms with van der Waals surface area (Å²) in [7, 11) is 5.40. The molecule has 0 spiro atoms. The molecule has 2 atom stereocenters. The van der Waals surface area contributed by atoms with Crippen LogP contribution in [-0.2, 0) is 4.74 Å². The monoisotopic (exact) mass is 694 g/mol. The fraction of sp³-hybridized carbons (Fsp3) is 0.104. The maximum Gasteiger partial charge on any atom is 0.192 e. The number of rotatable bonds is 5. The first-order chi connectivity index (χ1) is 25.2. The van der Waals surface area contributed by atoms with Crippen molar-refractivity contribution in [2.75, 3.05) is 21.3 Å². The topological polar surface area (TPSA) is 27.7 Å². The quantitative estimate of drug-likeness (QED) is 0.146. The van der Waals surface area contributed by atoms with Gasteiger partial charge in [0.15, 0.2) is 5.76 Å². The van der Waals surface area contributed by atoms with Gasteiger partial charge in [0.1, 0.15) is 17.4 Å². The van der Waals surface area contributed by atoms with E-state index in [0.29, 0.717) is 0 Å². The van der Waals surface area contributed by atoms with Gasteiger partial charge in [-0.15, -0.1) is 0 Å². The predicted octanol–water partition coefficient (Wildman–Crippen LogP) is 6.82. The van der Waals surface area contributed by atoms with E-state index in [1.807, 2.05) is 0 Å². The first-order valence-corrected chi connectivity index (χ1v) is 17.5. The lowest BCUT2D eigenvalue weighted by Crippen LogP contribution is -3.00. The van der Waals surface area contributed by atoms with Crippen LogP contribution in [0.4, 0.5) is 0 Å². The zero-order valence-corrected chi connectivity index (χ0v) is 29.9. The minimum absolute atomic E-state index is 0. The summed E-state index contributed by atoms with van der Waals surface area (Å²) in [6.07, 6.45) is 8.99. The van der Waals surface area contributed by atoms with Crippen molar-refractivity contribution in [3.8, 4) is 11.5 Å². The molecule has 0 radical (unpaired) electrons. The maximum absolute atomic E-state index is 6.30. The van der Waals surface area contributed by atoms with E-state index < -0.39 is 0 Å². The molecule has 3 aliphatic rings. The van der Waals surface area contributed by atoms with Crippen LogP contribution in [0.15, 0.2) is 156 Å². The highest BCUT2D eigenvalue weighted by Gasteiger charge is 2.55. The summed E-state index contributed by atoms with van der Waals surface area (Å²) in [5, 5.41) is 11.6. The van der Waals surface area contributed by atoms with Crippen LogP contribution in [-0.4, -0.2) is 21.3 Å². The Balaban J connectivity index is 0.00000360. The lowest BCUT2D eigenvalue weighted by atomic mass is 9.80. The standard InChI is InChI=1S/C48H35O3.ClH/c1-49-46-34-19-7-4-13-28(34)25-31-16-10-22-37(40(31)46)43-44(38-23-11-17-32-26-29-14-5-8-20-35(29)47(50-2)41(32)38)45(43)39-24-12-18-33-27-30-15-6-9-21-36(30)48(51-3)42(33)39;/h4-27,43-44H,1-3H3;1H/q+1;/p-1. The molecule has 0 heterocycles. The fourth-order valence-electron chi connectivity index (χ4n) is 8.97. The first-order valence-electron chi connectivity index (χ1n) is 17.5. The Labute approximate surface area is 308 Å². The van der Waals surface area contributed by atoms with E-state index in [4.69, 9.17) is 14.2 Å². The van der Waals surface area contributed by atoms with Gasteiger partial charge in [-0.2, -0.15) is 0 Å². The normalized spacial score (nSPS) is 17.4. The third-order valence-corrected chi connectivity index (χ3v) is 11.1. The molecule has 10 rings (SSSR count). The Bertz CT molecular complexity index is 2710. The van der Waals surface area contributed by atoms with Crippen LogP contribution < -0.4 is 32.3 Å². The third-order valence-electron chi connectivity index (χ3n) is 11.1. The zero-order chi connectivity index (χ0) is 34.2. The molecule has 2 unspecified atom stereocenters. The number of hydrogen-bond acceptors (Lipinski definition) is 3. The second-order valence-electron chi connectivity index (χ2n) is 13.6. The van der Waals surface area contributed by atoms with Crippen LogP contribution in [0.1, 0.15) is 23.0 Å². The molecule has 0 bridgehead atoms. The molecule has 4 heteroatoms. The van der Waals surface area contributed by atoms with Crippen molar-refractivity contribution in [2.24, 2.45) is 0 Å². The Morgan fingerprint density at radius 1 is 0.558 bits per heavy atom. The molecular formula is C48H35ClO3. The van der Waals surface area contributed by atoms with Crippen molar-refractivity contribution in [3.05, 3.63) is 184 Å². The highest BCUT2D eigenvalue weighted by molar-refractivity contribution is 6.09. The van der Waals surface area contributed by atoms with Gasteiger partial charge in [-0.3, -0.25) is 0 Å². The number of ether oxygens (including phenoxy) is 3. The van der Waals surface area contributed by atoms with Gasteiger partial charge in [0.25, 0.3) is 0 Å². The van der Waals surface area contributed by atoms with E-state index in [9.17, 15) is 0 Å². The molecule has 3 nitrogen and oxygen atoms in total. The minimum atomic E-state index is 0. The Hall–Kier alpha value is -5.90. The average molecular weight is 695 g/mol. The predicted molar refractivity (Wildman–Crippen MR) is 210 cm³/mol. The van der Waals surface area contributed by atoms with Crippen LogP contribution in [0.3, 0.4) is 0 Å². The Kier molecular flexibility index (Phi) is 7.64. The van der Waals surface area contributed by atoms with Crippen molar-refractivity contribution < 1.29 is 26.6 Å². The molecular weight excluding hydrogens is 660 g/mol. The van der Waals surface area contributed by atoms with Crippen LogP contribution in [0.25, 0.3) is 54.9 Å². The molecule has 1 fully saturated rings. The molecule has 7 aromatic rings. The summed E-state index contributed by atoms with van der Waals surface area (Å²) >= 11 is 0. The van der Waals surface area contributed by atoms with Crippen molar-refractivity contribution in [1.82, 2.24) is 0 Å². The van der Waals surface area contributed by atoms with E-state index in [-0.39, 0.29) is 24.2 Å². The summed E-state index contributed by atoms with van der Waals surface area (Å²) < 4.78 is 18.9. The first kappa shape index (κ1) is 32.0. The van der Waals surface area contributed by atoms with Gasteiger partial charge in [-0.25, -0.2) is 0 Å². The van der Waals surface area contributed by atoms with E-state index in [1.54, 1.807) is 21.3 Å². The van der Waals surface area contributed by atoms with Gasteiger partial charge in [0, 0.05) is 62.4 Å². The number of allylic oxidation sites excluding steroid dienone is 4. The number of halogens is 1. The van der Waals surface area contributed by atoms with Crippen molar-refractivity contribution in [1.29, 1.82) is 0 Å². The highest BCUT2D eigenvalue weighted by Crippen LogP contribution is 2.66. The fourth-order valence-corrected chi connectivity index (χ4v) is 8.97. The lowest BCUT2D eigenvalue weighted by Gasteiger charge is -2.21. The van der Waals surface area contributed by atoms with E-state index in [2.05, 4.69) is 146 Å². The number of methoxy groups -OCH3 is 3. The molecule has 0 amide bonds. The molecule has 7 aromatic carbocycles. The SMILES string of the molecule is COC1=c2ccccc2=CC2=CC=CC(=C3C(c4cccc5cc6ccccc6c(OC)c45)C3c3cccc4cc5ccccc5c(OC)c34)[C+]21.[Cl-]. The van der Waals surface area contributed by atoms with E-state index in [1.165, 1.54) is 65.4 Å². The summed E-state index contributed by atoms with van der Waals surface area (Å²) in [6.45, 7) is 0. The largest absolute Gasteiger partial charge is 1.00 e. The summed E-state index contributed by atoms with van der Waals surface area (Å²) in [5.74, 6) is 4.09. The smallest absolute Gasteiger partial charge is 0.192 e. The number of hydrogen-bond donors (Lipinski definition) is 0.